The highest BCUT2D eigenvalue weighted by atomic mass is 16.5. The van der Waals surface area contributed by atoms with Crippen LogP contribution in [0, 0.1) is 0 Å². The minimum atomic E-state index is 0.737. The SMILES string of the molecule is COc1ccc(C=CC2=CC(c3ccc(OC)cc3OC)=CN(c3ccccc3)C2)c(OC)c1. The zero-order valence-electron chi connectivity index (χ0n) is 19.9. The van der Waals surface area contributed by atoms with Gasteiger partial charge in [0.2, 0.25) is 0 Å². The summed E-state index contributed by atoms with van der Waals surface area (Å²) < 4.78 is 21.9. The number of hydrogen-bond donors (Lipinski definition) is 0. The first kappa shape index (κ1) is 23.1. The molecule has 3 aromatic carbocycles. The van der Waals surface area contributed by atoms with Gasteiger partial charge < -0.3 is 23.8 Å². The van der Waals surface area contributed by atoms with E-state index in [2.05, 4.69) is 41.5 Å². The average Bonchev–Trinajstić information content (AvgIpc) is 2.91. The normalized spacial score (nSPS) is 13.4. The van der Waals surface area contributed by atoms with Crippen molar-refractivity contribution in [2.45, 2.75) is 0 Å². The smallest absolute Gasteiger partial charge is 0.130 e. The predicted octanol–water partition coefficient (Wildman–Crippen LogP) is 6.22. The van der Waals surface area contributed by atoms with Crippen LogP contribution in [0.2, 0.25) is 0 Å². The third kappa shape index (κ3) is 5.09. The number of methoxy groups -OCH3 is 4. The Balaban J connectivity index is 1.73. The third-order valence-electron chi connectivity index (χ3n) is 5.71. The summed E-state index contributed by atoms with van der Waals surface area (Å²) in [6.07, 6.45) is 8.55. The quantitative estimate of drug-likeness (QED) is 0.403. The van der Waals surface area contributed by atoms with Gasteiger partial charge in [-0.1, -0.05) is 30.4 Å². The number of hydrogen-bond acceptors (Lipinski definition) is 5. The standard InChI is InChI=1S/C29H29NO4/c1-31-25-13-12-22(28(17-25)33-3)11-10-21-16-23(20-30(19-21)24-8-6-5-7-9-24)27-15-14-26(32-2)18-29(27)34-4/h5-18,20H,19H2,1-4H3. The maximum absolute atomic E-state index is 5.68. The third-order valence-corrected chi connectivity index (χ3v) is 5.71. The average molecular weight is 456 g/mol. The van der Waals surface area contributed by atoms with Gasteiger partial charge in [0.15, 0.2) is 0 Å². The van der Waals surface area contributed by atoms with E-state index in [0.717, 1.165) is 57.5 Å². The van der Waals surface area contributed by atoms with Crippen LogP contribution in [-0.4, -0.2) is 35.0 Å². The Bertz CT molecular complexity index is 1230. The Morgan fingerprint density at radius 3 is 2.06 bits per heavy atom. The van der Waals surface area contributed by atoms with E-state index in [1.54, 1.807) is 28.4 Å². The van der Waals surface area contributed by atoms with Crippen LogP contribution in [0.25, 0.3) is 11.6 Å². The van der Waals surface area contributed by atoms with Crippen molar-refractivity contribution in [2.24, 2.45) is 0 Å². The molecule has 0 N–H and O–H groups in total. The van der Waals surface area contributed by atoms with Crippen molar-refractivity contribution in [3.05, 3.63) is 102 Å². The maximum Gasteiger partial charge on any atom is 0.130 e. The predicted molar refractivity (Wildman–Crippen MR) is 138 cm³/mol. The molecule has 1 heterocycles. The minimum Gasteiger partial charge on any atom is -0.497 e. The first-order valence-corrected chi connectivity index (χ1v) is 11.0. The molecule has 0 aliphatic carbocycles. The van der Waals surface area contributed by atoms with Gasteiger partial charge in [-0.2, -0.15) is 0 Å². The second-order valence-electron chi connectivity index (χ2n) is 7.77. The van der Waals surface area contributed by atoms with Crippen LogP contribution in [-0.2, 0) is 0 Å². The van der Waals surface area contributed by atoms with E-state index in [4.69, 9.17) is 18.9 Å². The number of rotatable bonds is 8. The number of nitrogens with zero attached hydrogens (tertiary/aromatic N) is 1. The van der Waals surface area contributed by atoms with E-state index >= 15 is 0 Å². The minimum absolute atomic E-state index is 0.737. The molecule has 174 valence electrons. The summed E-state index contributed by atoms with van der Waals surface area (Å²) in [5, 5.41) is 0. The molecule has 0 amide bonds. The summed E-state index contributed by atoms with van der Waals surface area (Å²) in [5.41, 5.74) is 5.30. The molecule has 0 spiro atoms. The lowest BCUT2D eigenvalue weighted by Crippen LogP contribution is -2.22. The number of para-hydroxylation sites is 1. The van der Waals surface area contributed by atoms with Crippen molar-refractivity contribution in [3.63, 3.8) is 0 Å². The maximum atomic E-state index is 5.68. The van der Waals surface area contributed by atoms with Gasteiger partial charge in [-0.25, -0.2) is 0 Å². The van der Waals surface area contributed by atoms with E-state index in [-0.39, 0.29) is 0 Å². The van der Waals surface area contributed by atoms with Crippen LogP contribution < -0.4 is 23.8 Å². The highest BCUT2D eigenvalue weighted by Crippen LogP contribution is 2.35. The van der Waals surface area contributed by atoms with E-state index in [1.165, 1.54) is 0 Å². The Hall–Kier alpha value is -4.12. The summed E-state index contributed by atoms with van der Waals surface area (Å²) in [4.78, 5) is 2.24. The van der Waals surface area contributed by atoms with E-state index in [9.17, 15) is 0 Å². The highest BCUT2D eigenvalue weighted by molar-refractivity contribution is 5.83. The topological polar surface area (TPSA) is 40.2 Å². The fraction of sp³-hybridized carbons (Fsp3) is 0.172. The van der Waals surface area contributed by atoms with Gasteiger partial charge in [0.25, 0.3) is 0 Å². The molecule has 1 aliphatic heterocycles. The number of anilines is 1. The first-order chi connectivity index (χ1) is 16.6. The Kier molecular flexibility index (Phi) is 7.23. The van der Waals surface area contributed by atoms with Gasteiger partial charge in [0.05, 0.1) is 28.4 Å². The van der Waals surface area contributed by atoms with E-state index in [1.807, 2.05) is 54.6 Å². The molecule has 0 saturated heterocycles. The van der Waals surface area contributed by atoms with Gasteiger partial charge in [-0.05, 0) is 48.0 Å². The van der Waals surface area contributed by atoms with Gasteiger partial charge in [0, 0.05) is 47.3 Å². The van der Waals surface area contributed by atoms with Crippen molar-refractivity contribution >= 4 is 17.3 Å². The Labute approximate surface area is 201 Å². The molecule has 1 aliphatic rings. The number of benzene rings is 3. The lowest BCUT2D eigenvalue weighted by molar-refractivity contribution is 0.393. The summed E-state index contributed by atoms with van der Waals surface area (Å²) in [6, 6.07) is 22.0. The fourth-order valence-corrected chi connectivity index (χ4v) is 3.92. The second-order valence-corrected chi connectivity index (χ2v) is 7.77. The van der Waals surface area contributed by atoms with E-state index in [0.29, 0.717) is 0 Å². The fourth-order valence-electron chi connectivity index (χ4n) is 3.92. The molecule has 5 heteroatoms. The Morgan fingerprint density at radius 1 is 0.706 bits per heavy atom. The zero-order chi connectivity index (χ0) is 23.9. The van der Waals surface area contributed by atoms with Crippen molar-refractivity contribution in [3.8, 4) is 23.0 Å². The molecule has 0 unspecified atom stereocenters. The number of ether oxygens (including phenoxy) is 4. The molecule has 0 bridgehead atoms. The molecule has 0 saturated carbocycles. The summed E-state index contributed by atoms with van der Waals surface area (Å²) >= 11 is 0. The van der Waals surface area contributed by atoms with Crippen LogP contribution in [0.3, 0.4) is 0 Å². The Morgan fingerprint density at radius 2 is 1.38 bits per heavy atom. The molecular formula is C29H29NO4. The molecule has 4 rings (SSSR count). The van der Waals surface area contributed by atoms with Crippen LogP contribution in [0.1, 0.15) is 11.1 Å². The summed E-state index contributed by atoms with van der Waals surface area (Å²) in [5.74, 6) is 3.04. The first-order valence-electron chi connectivity index (χ1n) is 11.0. The van der Waals surface area contributed by atoms with Crippen LogP contribution in [0.5, 0.6) is 23.0 Å². The van der Waals surface area contributed by atoms with Crippen LogP contribution >= 0.6 is 0 Å². The van der Waals surface area contributed by atoms with Gasteiger partial charge in [-0.3, -0.25) is 0 Å². The molecular weight excluding hydrogens is 426 g/mol. The second kappa shape index (κ2) is 10.7. The highest BCUT2D eigenvalue weighted by Gasteiger charge is 2.17. The molecule has 5 nitrogen and oxygen atoms in total. The van der Waals surface area contributed by atoms with Crippen LogP contribution in [0.4, 0.5) is 5.69 Å². The van der Waals surface area contributed by atoms with Crippen molar-refractivity contribution in [1.29, 1.82) is 0 Å². The van der Waals surface area contributed by atoms with Crippen LogP contribution in [0.15, 0.2) is 90.7 Å². The molecule has 0 fully saturated rings. The number of allylic oxidation sites excluding steroid dienone is 2. The summed E-state index contributed by atoms with van der Waals surface area (Å²) in [7, 11) is 6.65. The summed E-state index contributed by atoms with van der Waals surface area (Å²) in [6.45, 7) is 0.737. The van der Waals surface area contributed by atoms with Gasteiger partial charge >= 0.3 is 0 Å². The van der Waals surface area contributed by atoms with Gasteiger partial charge in [0.1, 0.15) is 23.0 Å². The lowest BCUT2D eigenvalue weighted by Gasteiger charge is -2.27. The van der Waals surface area contributed by atoms with Crippen molar-refractivity contribution < 1.29 is 18.9 Å². The largest absolute Gasteiger partial charge is 0.497 e. The molecule has 34 heavy (non-hydrogen) atoms. The molecule has 0 atom stereocenters. The molecule has 0 radical (unpaired) electrons. The molecule has 3 aromatic rings. The van der Waals surface area contributed by atoms with Crippen molar-refractivity contribution in [1.82, 2.24) is 0 Å². The van der Waals surface area contributed by atoms with Crippen molar-refractivity contribution in [2.75, 3.05) is 39.9 Å². The molecule has 0 aromatic heterocycles. The van der Waals surface area contributed by atoms with E-state index < -0.39 is 0 Å². The zero-order valence-corrected chi connectivity index (χ0v) is 19.9. The monoisotopic (exact) mass is 455 g/mol. The van der Waals surface area contributed by atoms with Gasteiger partial charge in [-0.15, -0.1) is 0 Å². The lowest BCUT2D eigenvalue weighted by atomic mass is 9.98.